The molecule has 0 aromatic carbocycles. The maximum atomic E-state index is 12.7. The monoisotopic (exact) mass is 386 g/mol. The first kappa shape index (κ1) is 17.4. The lowest BCUT2D eigenvalue weighted by molar-refractivity contribution is -0.173. The third-order valence-electron chi connectivity index (χ3n) is 6.03. The van der Waals surface area contributed by atoms with Crippen LogP contribution in [0.25, 0.3) is 0 Å². The van der Waals surface area contributed by atoms with Gasteiger partial charge < -0.3 is 14.6 Å². The van der Waals surface area contributed by atoms with Crippen LogP contribution in [-0.2, 0) is 28.2 Å². The largest absolute Gasteiger partial charge is 0.354 e. The van der Waals surface area contributed by atoms with E-state index in [-0.39, 0.29) is 5.91 Å². The Morgan fingerprint density at radius 3 is 2.96 bits per heavy atom. The van der Waals surface area contributed by atoms with Gasteiger partial charge in [0.1, 0.15) is 11.4 Å². The lowest BCUT2D eigenvalue weighted by Crippen LogP contribution is -2.54. The Morgan fingerprint density at radius 2 is 2.22 bits per heavy atom. The summed E-state index contributed by atoms with van der Waals surface area (Å²) in [5.74, 6) is 1.70. The van der Waals surface area contributed by atoms with Crippen LogP contribution in [0.5, 0.6) is 0 Å². The standard InChI is InChI=1S/C20H26N4O2S/c25-18(22-12-15-3-4-15)17-14-24-10-7-21-19(24)20(26-17)5-8-23(9-6-20)13-16-2-1-11-27-16/h1-2,7,10-11,15,17H,3-6,8-9,12-14H2,(H,22,25)/t17-/m1/s1. The molecule has 1 aliphatic carbocycles. The van der Waals surface area contributed by atoms with Gasteiger partial charge in [0.25, 0.3) is 5.91 Å². The van der Waals surface area contributed by atoms with E-state index in [0.717, 1.165) is 44.8 Å². The van der Waals surface area contributed by atoms with Gasteiger partial charge in [-0.25, -0.2) is 4.98 Å². The second kappa shape index (κ2) is 7.04. The average Bonchev–Trinajstić information content (AvgIpc) is 3.14. The number of nitrogens with zero attached hydrogens (tertiary/aromatic N) is 3. The molecule has 5 rings (SSSR count). The summed E-state index contributed by atoms with van der Waals surface area (Å²) in [4.78, 5) is 21.2. The van der Waals surface area contributed by atoms with Crippen LogP contribution in [-0.4, -0.2) is 46.1 Å². The molecule has 3 aliphatic rings. The molecule has 1 saturated carbocycles. The van der Waals surface area contributed by atoms with E-state index in [1.807, 2.05) is 23.7 Å². The molecule has 144 valence electrons. The normalized spacial score (nSPS) is 24.7. The fourth-order valence-electron chi connectivity index (χ4n) is 4.25. The highest BCUT2D eigenvalue weighted by Gasteiger charge is 2.47. The topological polar surface area (TPSA) is 59.4 Å². The number of ether oxygens (including phenoxy) is 1. The van der Waals surface area contributed by atoms with E-state index in [1.165, 1.54) is 17.7 Å². The summed E-state index contributed by atoms with van der Waals surface area (Å²) in [6, 6.07) is 4.30. The molecule has 6 nitrogen and oxygen atoms in total. The molecule has 2 aliphatic heterocycles. The second-order valence-corrected chi connectivity index (χ2v) is 9.08. The van der Waals surface area contributed by atoms with Crippen LogP contribution in [0.15, 0.2) is 29.9 Å². The molecule has 2 aromatic heterocycles. The molecule has 1 amide bonds. The van der Waals surface area contributed by atoms with Crippen molar-refractivity contribution in [2.24, 2.45) is 5.92 Å². The number of hydrogen-bond donors (Lipinski definition) is 1. The zero-order valence-corrected chi connectivity index (χ0v) is 16.3. The Kier molecular flexibility index (Phi) is 4.53. The quantitative estimate of drug-likeness (QED) is 0.857. The second-order valence-electron chi connectivity index (χ2n) is 8.05. The molecular formula is C20H26N4O2S. The van der Waals surface area contributed by atoms with E-state index in [9.17, 15) is 4.79 Å². The number of piperidine rings is 1. The molecule has 0 radical (unpaired) electrons. The smallest absolute Gasteiger partial charge is 0.251 e. The van der Waals surface area contributed by atoms with Crippen LogP contribution in [0.1, 0.15) is 36.4 Å². The number of amides is 1. The zero-order chi connectivity index (χ0) is 18.3. The molecular weight excluding hydrogens is 360 g/mol. The summed E-state index contributed by atoms with van der Waals surface area (Å²) >= 11 is 1.81. The predicted octanol–water partition coefficient (Wildman–Crippen LogP) is 2.36. The number of aromatic nitrogens is 2. The summed E-state index contributed by atoms with van der Waals surface area (Å²) in [7, 11) is 0. The molecule has 1 spiro atoms. The summed E-state index contributed by atoms with van der Waals surface area (Å²) in [5, 5.41) is 5.22. The van der Waals surface area contributed by atoms with Crippen molar-refractivity contribution in [3.63, 3.8) is 0 Å². The number of thiophene rings is 1. The van der Waals surface area contributed by atoms with Gasteiger partial charge in [0, 0.05) is 43.4 Å². The highest BCUT2D eigenvalue weighted by molar-refractivity contribution is 7.09. The van der Waals surface area contributed by atoms with Crippen molar-refractivity contribution in [1.29, 1.82) is 0 Å². The molecule has 2 aromatic rings. The molecule has 7 heteroatoms. The summed E-state index contributed by atoms with van der Waals surface area (Å²) in [6.07, 6.45) is 7.63. The predicted molar refractivity (Wildman–Crippen MR) is 103 cm³/mol. The first-order valence-corrected chi connectivity index (χ1v) is 10.8. The Hall–Kier alpha value is -1.70. The lowest BCUT2D eigenvalue weighted by atomic mass is 9.88. The van der Waals surface area contributed by atoms with Crippen molar-refractivity contribution in [2.45, 2.75) is 50.5 Å². The van der Waals surface area contributed by atoms with Crippen LogP contribution < -0.4 is 5.32 Å². The van der Waals surface area contributed by atoms with Gasteiger partial charge in [0.15, 0.2) is 6.10 Å². The van der Waals surface area contributed by atoms with Gasteiger partial charge in [0.2, 0.25) is 0 Å². The Morgan fingerprint density at radius 1 is 1.37 bits per heavy atom. The number of imidazole rings is 1. The minimum absolute atomic E-state index is 0.0293. The van der Waals surface area contributed by atoms with Gasteiger partial charge in [-0.05, 0) is 43.0 Å². The van der Waals surface area contributed by atoms with E-state index >= 15 is 0 Å². The van der Waals surface area contributed by atoms with E-state index in [4.69, 9.17) is 4.74 Å². The van der Waals surface area contributed by atoms with Crippen molar-refractivity contribution in [2.75, 3.05) is 19.6 Å². The lowest BCUT2D eigenvalue weighted by Gasteiger charge is -2.45. The van der Waals surface area contributed by atoms with Crippen LogP contribution in [0.2, 0.25) is 0 Å². The average molecular weight is 387 g/mol. The first-order chi connectivity index (χ1) is 13.2. The third-order valence-corrected chi connectivity index (χ3v) is 6.89. The van der Waals surface area contributed by atoms with Gasteiger partial charge in [-0.1, -0.05) is 6.07 Å². The third kappa shape index (κ3) is 3.56. The summed E-state index contributed by atoms with van der Waals surface area (Å²) in [6.45, 7) is 4.26. The molecule has 0 bridgehead atoms. The SMILES string of the molecule is O=C(NCC1CC1)[C@H]1Cn2ccnc2C2(CCN(Cc3cccs3)CC2)O1. The van der Waals surface area contributed by atoms with Crippen molar-refractivity contribution < 1.29 is 9.53 Å². The molecule has 1 atom stereocenters. The van der Waals surface area contributed by atoms with Gasteiger partial charge in [-0.3, -0.25) is 9.69 Å². The van der Waals surface area contributed by atoms with Crippen LogP contribution in [0, 0.1) is 5.92 Å². The molecule has 0 unspecified atom stereocenters. The fraction of sp³-hybridized carbons (Fsp3) is 0.600. The van der Waals surface area contributed by atoms with Gasteiger partial charge in [0.05, 0.1) is 6.54 Å². The van der Waals surface area contributed by atoms with Crippen molar-refractivity contribution in [1.82, 2.24) is 19.8 Å². The highest BCUT2D eigenvalue weighted by atomic mass is 32.1. The number of nitrogens with one attached hydrogen (secondary N) is 1. The summed E-state index contributed by atoms with van der Waals surface area (Å²) in [5.41, 5.74) is -0.435. The molecule has 27 heavy (non-hydrogen) atoms. The highest BCUT2D eigenvalue weighted by Crippen LogP contribution is 2.40. The van der Waals surface area contributed by atoms with E-state index in [1.54, 1.807) is 0 Å². The minimum Gasteiger partial charge on any atom is -0.354 e. The van der Waals surface area contributed by atoms with Crippen LogP contribution in [0.4, 0.5) is 0 Å². The number of rotatable bonds is 5. The molecule has 1 saturated heterocycles. The van der Waals surface area contributed by atoms with Crippen molar-refractivity contribution in [3.8, 4) is 0 Å². The van der Waals surface area contributed by atoms with E-state index in [0.29, 0.717) is 12.5 Å². The van der Waals surface area contributed by atoms with Crippen LogP contribution >= 0.6 is 11.3 Å². The summed E-state index contributed by atoms with van der Waals surface area (Å²) < 4.78 is 8.60. The molecule has 1 N–H and O–H groups in total. The van der Waals surface area contributed by atoms with E-state index in [2.05, 4.69) is 37.3 Å². The minimum atomic E-state index is -0.435. The number of carbonyl (C=O) groups is 1. The number of hydrogen-bond acceptors (Lipinski definition) is 5. The Bertz CT molecular complexity index is 791. The van der Waals surface area contributed by atoms with Gasteiger partial charge in [-0.15, -0.1) is 11.3 Å². The number of likely N-dealkylation sites (tertiary alicyclic amines) is 1. The van der Waals surface area contributed by atoms with Crippen molar-refractivity contribution >= 4 is 17.2 Å². The zero-order valence-electron chi connectivity index (χ0n) is 15.5. The Labute approximate surface area is 163 Å². The number of fused-ring (bicyclic) bond motifs is 2. The Balaban J connectivity index is 1.28. The molecule has 2 fully saturated rings. The maximum absolute atomic E-state index is 12.7. The van der Waals surface area contributed by atoms with E-state index < -0.39 is 11.7 Å². The van der Waals surface area contributed by atoms with Gasteiger partial charge >= 0.3 is 0 Å². The fourth-order valence-corrected chi connectivity index (χ4v) is 5.00. The maximum Gasteiger partial charge on any atom is 0.251 e. The van der Waals surface area contributed by atoms with Crippen molar-refractivity contribution in [3.05, 3.63) is 40.6 Å². The molecule has 4 heterocycles. The first-order valence-electron chi connectivity index (χ1n) is 9.94. The van der Waals surface area contributed by atoms with Gasteiger partial charge in [-0.2, -0.15) is 0 Å². The van der Waals surface area contributed by atoms with Crippen LogP contribution in [0.3, 0.4) is 0 Å². The number of carbonyl (C=O) groups excluding carboxylic acids is 1.